The summed E-state index contributed by atoms with van der Waals surface area (Å²) < 4.78 is 1.45. The Bertz CT molecular complexity index is 820. The van der Waals surface area contributed by atoms with Crippen LogP contribution in [0.3, 0.4) is 0 Å². The molecule has 1 heterocycles. The Balaban J connectivity index is 2.25. The molecule has 0 unspecified atom stereocenters. The molecule has 0 atom stereocenters. The van der Waals surface area contributed by atoms with Gasteiger partial charge in [0.25, 0.3) is 11.5 Å². The maximum absolute atomic E-state index is 12.4. The van der Waals surface area contributed by atoms with Crippen LogP contribution in [0.15, 0.2) is 35.1 Å². The first kappa shape index (κ1) is 16.5. The van der Waals surface area contributed by atoms with Gasteiger partial charge in [-0.05, 0) is 49.7 Å². The Labute approximate surface area is 134 Å². The van der Waals surface area contributed by atoms with Gasteiger partial charge in [-0.15, -0.1) is 0 Å². The summed E-state index contributed by atoms with van der Waals surface area (Å²) in [6, 6.07) is 8.48. The second kappa shape index (κ2) is 6.48. The average Bonchev–Trinajstić information content (AvgIpc) is 2.46. The highest BCUT2D eigenvalue weighted by molar-refractivity contribution is 6.05. The van der Waals surface area contributed by atoms with Crippen LogP contribution in [0.5, 0.6) is 0 Å². The fourth-order valence-corrected chi connectivity index (χ4v) is 2.29. The first-order valence-corrected chi connectivity index (χ1v) is 7.16. The largest absolute Gasteiger partial charge is 0.326 e. The molecule has 1 aromatic heterocycles. The summed E-state index contributed by atoms with van der Waals surface area (Å²) in [4.78, 5) is 35.6. The molecular weight excluding hydrogens is 294 g/mol. The highest BCUT2D eigenvalue weighted by Crippen LogP contribution is 2.15. The van der Waals surface area contributed by atoms with Crippen molar-refractivity contribution < 1.29 is 9.59 Å². The van der Waals surface area contributed by atoms with Gasteiger partial charge in [0.2, 0.25) is 5.91 Å². The molecule has 0 aliphatic rings. The van der Waals surface area contributed by atoms with Gasteiger partial charge in [0, 0.05) is 31.0 Å². The molecule has 2 N–H and O–H groups in total. The monoisotopic (exact) mass is 313 g/mol. The van der Waals surface area contributed by atoms with Crippen LogP contribution in [-0.2, 0) is 11.8 Å². The lowest BCUT2D eigenvalue weighted by molar-refractivity contribution is -0.114. The summed E-state index contributed by atoms with van der Waals surface area (Å²) in [7, 11) is 1.64. The molecule has 0 spiro atoms. The van der Waals surface area contributed by atoms with Gasteiger partial charge < -0.3 is 15.2 Å². The quantitative estimate of drug-likeness (QED) is 0.911. The van der Waals surface area contributed by atoms with E-state index in [9.17, 15) is 14.4 Å². The highest BCUT2D eigenvalue weighted by Gasteiger charge is 2.16. The number of amides is 2. The Morgan fingerprint density at radius 1 is 1.00 bits per heavy atom. The number of hydrogen-bond donors (Lipinski definition) is 2. The van der Waals surface area contributed by atoms with Gasteiger partial charge in [0.15, 0.2) is 0 Å². The molecule has 120 valence electrons. The molecule has 2 rings (SSSR count). The summed E-state index contributed by atoms with van der Waals surface area (Å²) in [5, 5.41) is 5.35. The van der Waals surface area contributed by atoms with E-state index in [1.165, 1.54) is 11.5 Å². The molecule has 6 heteroatoms. The lowest BCUT2D eigenvalue weighted by Crippen LogP contribution is -2.30. The molecular formula is C17H19N3O3. The van der Waals surface area contributed by atoms with Crippen molar-refractivity contribution in [2.75, 3.05) is 10.6 Å². The van der Waals surface area contributed by atoms with E-state index in [1.807, 2.05) is 6.92 Å². The van der Waals surface area contributed by atoms with Crippen molar-refractivity contribution in [2.45, 2.75) is 20.8 Å². The van der Waals surface area contributed by atoms with Crippen LogP contribution in [0, 0.1) is 13.8 Å². The zero-order chi connectivity index (χ0) is 17.1. The van der Waals surface area contributed by atoms with Crippen LogP contribution in [0.4, 0.5) is 11.4 Å². The number of rotatable bonds is 3. The SMILES string of the molecule is CC(=O)Nc1ccc(NC(=O)c2c(C)cc(C)n(C)c2=O)cc1. The lowest BCUT2D eigenvalue weighted by atomic mass is 10.1. The predicted octanol–water partition coefficient (Wildman–Crippen LogP) is 2.21. The molecule has 0 saturated carbocycles. The van der Waals surface area contributed by atoms with Crippen molar-refractivity contribution in [1.29, 1.82) is 0 Å². The Morgan fingerprint density at radius 2 is 1.52 bits per heavy atom. The molecule has 0 saturated heterocycles. The Morgan fingerprint density at radius 3 is 2.04 bits per heavy atom. The lowest BCUT2D eigenvalue weighted by Gasteiger charge is -2.11. The standard InChI is InChI=1S/C17H19N3O3/c1-10-9-11(2)20(4)17(23)15(10)16(22)19-14-7-5-13(6-8-14)18-12(3)21/h5-9H,1-4H3,(H,18,21)(H,19,22). The molecule has 23 heavy (non-hydrogen) atoms. The van der Waals surface area contributed by atoms with Crippen LogP contribution in [0.1, 0.15) is 28.5 Å². The summed E-state index contributed by atoms with van der Waals surface area (Å²) >= 11 is 0. The van der Waals surface area contributed by atoms with Crippen molar-refractivity contribution in [2.24, 2.45) is 7.05 Å². The molecule has 0 fully saturated rings. The highest BCUT2D eigenvalue weighted by atomic mass is 16.2. The number of aromatic nitrogens is 1. The number of aryl methyl sites for hydroxylation is 2. The third-order valence-electron chi connectivity index (χ3n) is 3.56. The van der Waals surface area contributed by atoms with Gasteiger partial charge in [0.05, 0.1) is 0 Å². The van der Waals surface area contributed by atoms with Gasteiger partial charge in [-0.3, -0.25) is 14.4 Å². The van der Waals surface area contributed by atoms with E-state index in [1.54, 1.807) is 44.3 Å². The fourth-order valence-electron chi connectivity index (χ4n) is 2.29. The minimum Gasteiger partial charge on any atom is -0.326 e. The zero-order valence-electron chi connectivity index (χ0n) is 13.6. The van der Waals surface area contributed by atoms with E-state index in [0.717, 1.165) is 5.69 Å². The topological polar surface area (TPSA) is 80.2 Å². The first-order valence-electron chi connectivity index (χ1n) is 7.16. The molecule has 2 aromatic rings. The van der Waals surface area contributed by atoms with Crippen LogP contribution in [0.25, 0.3) is 0 Å². The van der Waals surface area contributed by atoms with E-state index < -0.39 is 5.91 Å². The minimum atomic E-state index is -0.449. The van der Waals surface area contributed by atoms with Gasteiger partial charge in [-0.1, -0.05) is 0 Å². The van der Waals surface area contributed by atoms with Crippen LogP contribution in [-0.4, -0.2) is 16.4 Å². The van der Waals surface area contributed by atoms with Gasteiger partial charge in [-0.2, -0.15) is 0 Å². The van der Waals surface area contributed by atoms with Crippen molar-refractivity contribution in [3.05, 3.63) is 57.5 Å². The Hall–Kier alpha value is -2.89. The third kappa shape index (κ3) is 3.66. The van der Waals surface area contributed by atoms with Crippen molar-refractivity contribution in [3.63, 3.8) is 0 Å². The molecule has 0 aliphatic carbocycles. The second-order valence-electron chi connectivity index (χ2n) is 5.42. The van der Waals surface area contributed by atoms with Crippen LogP contribution in [0.2, 0.25) is 0 Å². The van der Waals surface area contributed by atoms with E-state index in [0.29, 0.717) is 16.9 Å². The van der Waals surface area contributed by atoms with Gasteiger partial charge in [-0.25, -0.2) is 0 Å². The van der Waals surface area contributed by atoms with Crippen molar-refractivity contribution in [3.8, 4) is 0 Å². The minimum absolute atomic E-state index is 0.129. The maximum Gasteiger partial charge on any atom is 0.263 e. The van der Waals surface area contributed by atoms with Crippen LogP contribution < -0.4 is 16.2 Å². The van der Waals surface area contributed by atoms with Crippen LogP contribution >= 0.6 is 0 Å². The van der Waals surface area contributed by atoms with Crippen molar-refractivity contribution >= 4 is 23.2 Å². The van der Waals surface area contributed by atoms with E-state index in [-0.39, 0.29) is 17.0 Å². The molecule has 0 bridgehead atoms. The number of nitrogens with zero attached hydrogens (tertiary/aromatic N) is 1. The summed E-state index contributed by atoms with van der Waals surface area (Å²) in [5.74, 6) is -0.615. The van der Waals surface area contributed by atoms with Gasteiger partial charge >= 0.3 is 0 Å². The van der Waals surface area contributed by atoms with E-state index in [2.05, 4.69) is 10.6 Å². The van der Waals surface area contributed by atoms with Gasteiger partial charge in [0.1, 0.15) is 5.56 Å². The number of carbonyl (C=O) groups excluding carboxylic acids is 2. The molecule has 0 radical (unpaired) electrons. The number of hydrogen-bond acceptors (Lipinski definition) is 3. The number of pyridine rings is 1. The molecule has 2 amide bonds. The molecule has 6 nitrogen and oxygen atoms in total. The smallest absolute Gasteiger partial charge is 0.263 e. The van der Waals surface area contributed by atoms with Crippen molar-refractivity contribution in [1.82, 2.24) is 4.57 Å². The summed E-state index contributed by atoms with van der Waals surface area (Å²) in [6.07, 6.45) is 0. The average molecular weight is 313 g/mol. The second-order valence-corrected chi connectivity index (χ2v) is 5.42. The van der Waals surface area contributed by atoms with E-state index in [4.69, 9.17) is 0 Å². The number of anilines is 2. The number of benzene rings is 1. The molecule has 0 aliphatic heterocycles. The normalized spacial score (nSPS) is 10.3. The fraction of sp³-hybridized carbons (Fsp3) is 0.235. The zero-order valence-corrected chi connectivity index (χ0v) is 13.6. The number of carbonyl (C=O) groups is 2. The molecule has 1 aromatic carbocycles. The predicted molar refractivity (Wildman–Crippen MR) is 89.9 cm³/mol. The van der Waals surface area contributed by atoms with E-state index >= 15 is 0 Å². The third-order valence-corrected chi connectivity index (χ3v) is 3.56. The number of nitrogens with one attached hydrogen (secondary N) is 2. The summed E-state index contributed by atoms with van der Waals surface area (Å²) in [6.45, 7) is 4.98. The maximum atomic E-state index is 12.4. The Kier molecular flexibility index (Phi) is 4.64. The summed E-state index contributed by atoms with van der Waals surface area (Å²) in [5.41, 5.74) is 2.42. The first-order chi connectivity index (χ1) is 10.8.